The molecule has 5 heteroatoms. The van der Waals surface area contributed by atoms with Crippen LogP contribution in [0.4, 0.5) is 5.69 Å². The minimum Gasteiger partial charge on any atom is -0.507 e. The maximum Gasteiger partial charge on any atom is 0.142 e. The Kier molecular flexibility index (Phi) is 4.21. The summed E-state index contributed by atoms with van der Waals surface area (Å²) in [6.07, 6.45) is 0.977. The Balaban J connectivity index is 2.12. The number of rotatable bonds is 5. The van der Waals surface area contributed by atoms with E-state index in [1.165, 1.54) is 12.1 Å². The van der Waals surface area contributed by atoms with Crippen molar-refractivity contribution in [1.82, 2.24) is 9.88 Å². The van der Waals surface area contributed by atoms with Crippen molar-refractivity contribution in [2.24, 2.45) is 0 Å². The first-order chi connectivity index (χ1) is 11.1. The summed E-state index contributed by atoms with van der Waals surface area (Å²) in [6, 6.07) is 10.7. The average molecular weight is 311 g/mol. The number of anilines is 1. The number of hydrogen-bond acceptors (Lipinski definition) is 5. The number of fused-ring (bicyclic) bond motifs is 2. The van der Waals surface area contributed by atoms with Gasteiger partial charge in [-0.1, -0.05) is 18.2 Å². The van der Waals surface area contributed by atoms with Crippen molar-refractivity contribution < 1.29 is 10.2 Å². The zero-order chi connectivity index (χ0) is 16.4. The van der Waals surface area contributed by atoms with Gasteiger partial charge in [0.1, 0.15) is 17.0 Å². The molecular formula is C18H21N3O2. The smallest absolute Gasteiger partial charge is 0.142 e. The van der Waals surface area contributed by atoms with E-state index >= 15 is 0 Å². The molecule has 3 aromatic rings. The summed E-state index contributed by atoms with van der Waals surface area (Å²) >= 11 is 0. The van der Waals surface area contributed by atoms with Crippen LogP contribution >= 0.6 is 0 Å². The molecule has 0 spiro atoms. The van der Waals surface area contributed by atoms with Crippen molar-refractivity contribution in [3.63, 3.8) is 0 Å². The number of para-hydroxylation sites is 1. The number of benzene rings is 2. The molecule has 0 amide bonds. The van der Waals surface area contributed by atoms with E-state index in [-0.39, 0.29) is 11.5 Å². The Morgan fingerprint density at radius 1 is 1.04 bits per heavy atom. The number of nitrogens with zero attached hydrogens (tertiary/aromatic N) is 2. The Labute approximate surface area is 135 Å². The summed E-state index contributed by atoms with van der Waals surface area (Å²) in [4.78, 5) is 6.63. The summed E-state index contributed by atoms with van der Waals surface area (Å²) < 4.78 is 0. The van der Waals surface area contributed by atoms with Gasteiger partial charge in [-0.2, -0.15) is 0 Å². The fourth-order valence-electron chi connectivity index (χ4n) is 2.76. The molecule has 0 saturated carbocycles. The molecule has 5 nitrogen and oxygen atoms in total. The molecule has 0 fully saturated rings. The molecule has 1 heterocycles. The number of phenols is 2. The van der Waals surface area contributed by atoms with Crippen LogP contribution in [0, 0.1) is 0 Å². The average Bonchev–Trinajstić information content (AvgIpc) is 2.54. The number of nitrogens with one attached hydrogen (secondary N) is 1. The topological polar surface area (TPSA) is 68.6 Å². The Hall–Kier alpha value is -2.53. The van der Waals surface area contributed by atoms with E-state index in [2.05, 4.69) is 15.2 Å². The lowest BCUT2D eigenvalue weighted by molar-refractivity contribution is 0.405. The van der Waals surface area contributed by atoms with Crippen LogP contribution in [-0.2, 0) is 0 Å². The van der Waals surface area contributed by atoms with Gasteiger partial charge in [-0.25, -0.2) is 4.98 Å². The van der Waals surface area contributed by atoms with Gasteiger partial charge < -0.3 is 20.4 Å². The van der Waals surface area contributed by atoms with Crippen molar-refractivity contribution in [3.05, 3.63) is 36.4 Å². The van der Waals surface area contributed by atoms with E-state index in [0.717, 1.165) is 36.1 Å². The van der Waals surface area contributed by atoms with E-state index in [4.69, 9.17) is 0 Å². The number of aromatic hydroxyl groups is 2. The molecule has 0 aliphatic heterocycles. The molecule has 0 saturated heterocycles. The van der Waals surface area contributed by atoms with E-state index in [1.54, 1.807) is 0 Å². The van der Waals surface area contributed by atoms with Crippen LogP contribution in [0.1, 0.15) is 6.42 Å². The summed E-state index contributed by atoms with van der Waals surface area (Å²) in [7, 11) is 4.09. The third kappa shape index (κ3) is 3.00. The normalized spacial score (nSPS) is 11.4. The Bertz CT molecular complexity index is 846. The van der Waals surface area contributed by atoms with Gasteiger partial charge in [0.15, 0.2) is 0 Å². The van der Waals surface area contributed by atoms with Crippen molar-refractivity contribution in [2.45, 2.75) is 6.42 Å². The lowest BCUT2D eigenvalue weighted by Gasteiger charge is -2.15. The fraction of sp³-hybridized carbons (Fsp3) is 0.278. The summed E-state index contributed by atoms with van der Waals surface area (Å²) in [6.45, 7) is 1.75. The van der Waals surface area contributed by atoms with Crippen LogP contribution in [0.5, 0.6) is 11.5 Å². The van der Waals surface area contributed by atoms with Gasteiger partial charge in [0.2, 0.25) is 0 Å². The maximum absolute atomic E-state index is 10.3. The molecule has 0 atom stereocenters. The van der Waals surface area contributed by atoms with E-state index in [0.29, 0.717) is 10.9 Å². The van der Waals surface area contributed by atoms with Gasteiger partial charge in [-0.05, 0) is 45.3 Å². The van der Waals surface area contributed by atoms with Crippen LogP contribution in [0.15, 0.2) is 36.4 Å². The van der Waals surface area contributed by atoms with Crippen molar-refractivity contribution >= 4 is 27.5 Å². The SMILES string of the molecule is CN(C)CCCNc1c2ccccc2nc2c(O)ccc(O)c12. The summed E-state index contributed by atoms with van der Waals surface area (Å²) in [5.41, 5.74) is 2.02. The zero-order valence-corrected chi connectivity index (χ0v) is 13.4. The summed E-state index contributed by atoms with van der Waals surface area (Å²) in [5.74, 6) is 0.186. The van der Waals surface area contributed by atoms with E-state index in [9.17, 15) is 10.2 Å². The highest BCUT2D eigenvalue weighted by Crippen LogP contribution is 2.39. The van der Waals surface area contributed by atoms with E-state index < -0.39 is 0 Å². The second-order valence-electron chi connectivity index (χ2n) is 5.91. The highest BCUT2D eigenvalue weighted by molar-refractivity contribution is 6.11. The van der Waals surface area contributed by atoms with Crippen LogP contribution in [-0.4, -0.2) is 47.3 Å². The predicted octanol–water partition coefficient (Wildman–Crippen LogP) is 3.16. The fourth-order valence-corrected chi connectivity index (χ4v) is 2.76. The highest BCUT2D eigenvalue weighted by atomic mass is 16.3. The molecule has 120 valence electrons. The summed E-state index contributed by atoms with van der Waals surface area (Å²) in [5, 5.41) is 25.3. The molecule has 0 unspecified atom stereocenters. The van der Waals surface area contributed by atoms with Gasteiger partial charge in [-0.3, -0.25) is 0 Å². The molecule has 0 bridgehead atoms. The first-order valence-corrected chi connectivity index (χ1v) is 7.70. The molecular weight excluding hydrogens is 290 g/mol. The maximum atomic E-state index is 10.3. The van der Waals surface area contributed by atoms with Crippen LogP contribution in [0.25, 0.3) is 21.8 Å². The minimum atomic E-state index is 0.0693. The lowest BCUT2D eigenvalue weighted by atomic mass is 10.1. The third-order valence-electron chi connectivity index (χ3n) is 3.87. The lowest BCUT2D eigenvalue weighted by Crippen LogP contribution is -2.16. The quantitative estimate of drug-likeness (QED) is 0.384. The number of aromatic nitrogens is 1. The number of pyridine rings is 1. The van der Waals surface area contributed by atoms with Crippen molar-refractivity contribution in [2.75, 3.05) is 32.5 Å². The van der Waals surface area contributed by atoms with Gasteiger partial charge in [0.05, 0.1) is 16.6 Å². The van der Waals surface area contributed by atoms with Gasteiger partial charge in [0.25, 0.3) is 0 Å². The third-order valence-corrected chi connectivity index (χ3v) is 3.87. The standard InChI is InChI=1S/C18H21N3O2/c1-21(2)11-5-10-19-17-12-6-3-4-7-13(12)20-18-15(23)9-8-14(22)16(17)18/h3-4,6-9,22-23H,5,10-11H2,1-2H3,(H,19,20). The van der Waals surface area contributed by atoms with Crippen molar-refractivity contribution in [1.29, 1.82) is 0 Å². The number of phenolic OH excluding ortho intramolecular Hbond substituents is 2. The van der Waals surface area contributed by atoms with E-state index in [1.807, 2.05) is 38.4 Å². The number of hydrogen-bond donors (Lipinski definition) is 3. The van der Waals surface area contributed by atoms with Crippen molar-refractivity contribution in [3.8, 4) is 11.5 Å². The van der Waals surface area contributed by atoms with Crippen LogP contribution in [0.2, 0.25) is 0 Å². The van der Waals surface area contributed by atoms with Crippen LogP contribution < -0.4 is 5.32 Å². The zero-order valence-electron chi connectivity index (χ0n) is 13.4. The van der Waals surface area contributed by atoms with Gasteiger partial charge in [-0.15, -0.1) is 0 Å². The molecule has 0 radical (unpaired) electrons. The molecule has 0 aliphatic carbocycles. The van der Waals surface area contributed by atoms with Gasteiger partial charge in [0, 0.05) is 11.9 Å². The largest absolute Gasteiger partial charge is 0.507 e. The molecule has 3 rings (SSSR count). The molecule has 3 N–H and O–H groups in total. The molecule has 2 aromatic carbocycles. The second kappa shape index (κ2) is 6.30. The van der Waals surface area contributed by atoms with Crippen LogP contribution in [0.3, 0.4) is 0 Å². The first kappa shape index (κ1) is 15.4. The molecule has 1 aromatic heterocycles. The first-order valence-electron chi connectivity index (χ1n) is 7.70. The second-order valence-corrected chi connectivity index (χ2v) is 5.91. The minimum absolute atomic E-state index is 0.0693. The Morgan fingerprint density at radius 3 is 2.57 bits per heavy atom. The highest BCUT2D eigenvalue weighted by Gasteiger charge is 2.14. The van der Waals surface area contributed by atoms with Gasteiger partial charge >= 0.3 is 0 Å². The molecule has 23 heavy (non-hydrogen) atoms. The monoisotopic (exact) mass is 311 g/mol. The molecule has 0 aliphatic rings. The predicted molar refractivity (Wildman–Crippen MR) is 94.2 cm³/mol. The Morgan fingerprint density at radius 2 is 1.78 bits per heavy atom.